The zero-order valence-electron chi connectivity index (χ0n) is 32.4. The van der Waals surface area contributed by atoms with Gasteiger partial charge in [0, 0.05) is 35.7 Å². The van der Waals surface area contributed by atoms with E-state index in [0.717, 1.165) is 48.5 Å². The molecule has 52 heavy (non-hydrogen) atoms. The summed E-state index contributed by atoms with van der Waals surface area (Å²) in [6.07, 6.45) is 9.17. The van der Waals surface area contributed by atoms with E-state index in [-0.39, 0.29) is 41.5 Å². The molecule has 2 aliphatic rings. The molecule has 8 nitrogen and oxygen atoms in total. The molecule has 0 spiro atoms. The van der Waals surface area contributed by atoms with Gasteiger partial charge in [0.05, 0.1) is 7.11 Å². The number of hydrogen-bond donors (Lipinski definition) is 3. The van der Waals surface area contributed by atoms with Gasteiger partial charge in [0.25, 0.3) is 0 Å². The van der Waals surface area contributed by atoms with Crippen LogP contribution in [0.4, 0.5) is 16.2 Å². The molecule has 3 aromatic carbocycles. The minimum atomic E-state index is -0.0986. The standard InChI is InChI=1S/C15H21NO.C14H18N2O.C14H20N2O.CH4/c1-15(2,3)12-8-5-9-13(10-12)16-14(17)11-6-4-7-11;1-14(2,3)11-6-7-12(13(10-11)17-4)16-9-5-8-15-16;1-14(2,3)10-5-4-6-12(9-10)16-13(17)15-11-7-8-11;/h5,8-11H,4,6-7H2,1-3H3,(H,16,17);5-10H,1-4H3;4-6,9,11H,7-8H2,1-3H3,(H2,15,16,17);1H4. The quantitative estimate of drug-likeness (QED) is 0.186. The number of hydrogen-bond acceptors (Lipinski definition) is 4. The lowest BCUT2D eigenvalue weighted by molar-refractivity contribution is -0.122. The van der Waals surface area contributed by atoms with Crippen LogP contribution in [0.3, 0.4) is 0 Å². The third kappa shape index (κ3) is 12.6. The average molecular weight is 710 g/mol. The Labute approximate surface area is 313 Å². The second kappa shape index (κ2) is 17.8. The van der Waals surface area contributed by atoms with Gasteiger partial charge in [-0.25, -0.2) is 9.48 Å². The van der Waals surface area contributed by atoms with Gasteiger partial charge in [0.15, 0.2) is 0 Å². The number of amides is 3. The number of rotatable bonds is 6. The van der Waals surface area contributed by atoms with Crippen LogP contribution in [0.5, 0.6) is 5.75 Å². The maximum absolute atomic E-state index is 11.8. The van der Waals surface area contributed by atoms with Crippen LogP contribution < -0.4 is 20.7 Å². The molecule has 2 aliphatic carbocycles. The van der Waals surface area contributed by atoms with E-state index in [4.69, 9.17) is 4.74 Å². The van der Waals surface area contributed by atoms with Crippen LogP contribution in [-0.4, -0.2) is 34.9 Å². The normalized spacial score (nSPS) is 14.2. The van der Waals surface area contributed by atoms with Crippen LogP contribution in [0.1, 0.15) is 119 Å². The van der Waals surface area contributed by atoms with Crippen LogP contribution in [0.15, 0.2) is 85.2 Å². The summed E-state index contributed by atoms with van der Waals surface area (Å²) in [5.74, 6) is 1.27. The van der Waals surface area contributed by atoms with Crippen molar-refractivity contribution in [1.82, 2.24) is 15.1 Å². The van der Waals surface area contributed by atoms with Crippen LogP contribution in [0.25, 0.3) is 5.69 Å². The first kappa shape index (κ1) is 41.8. The van der Waals surface area contributed by atoms with E-state index in [0.29, 0.717) is 6.04 Å². The first-order valence-electron chi connectivity index (χ1n) is 18.2. The van der Waals surface area contributed by atoms with Crippen LogP contribution >= 0.6 is 0 Å². The van der Waals surface area contributed by atoms with Gasteiger partial charge in [0.1, 0.15) is 11.4 Å². The van der Waals surface area contributed by atoms with Gasteiger partial charge in [-0.15, -0.1) is 0 Å². The predicted molar refractivity (Wildman–Crippen MR) is 217 cm³/mol. The zero-order chi connectivity index (χ0) is 37.4. The first-order valence-corrected chi connectivity index (χ1v) is 18.2. The summed E-state index contributed by atoms with van der Waals surface area (Å²) in [5.41, 5.74) is 6.82. The Morgan fingerprint density at radius 1 is 0.712 bits per heavy atom. The summed E-state index contributed by atoms with van der Waals surface area (Å²) < 4.78 is 7.25. The zero-order valence-corrected chi connectivity index (χ0v) is 32.4. The summed E-state index contributed by atoms with van der Waals surface area (Å²) in [5, 5.41) is 13.0. The lowest BCUT2D eigenvalue weighted by Crippen LogP contribution is -2.30. The number of carbonyl (C=O) groups excluding carboxylic acids is 2. The third-order valence-electron chi connectivity index (χ3n) is 9.17. The highest BCUT2D eigenvalue weighted by molar-refractivity contribution is 5.93. The summed E-state index contributed by atoms with van der Waals surface area (Å²) in [4.78, 5) is 23.4. The fourth-order valence-corrected chi connectivity index (χ4v) is 5.37. The SMILES string of the molecule is C.CC(C)(C)c1cccc(NC(=O)C2CCC2)c1.CC(C)(C)c1cccc(NC(=O)NC2CC2)c1.COc1cc(C(C)(C)C)ccc1-n1cccn1. The molecule has 0 radical (unpaired) electrons. The van der Waals surface area contributed by atoms with Gasteiger partial charge in [0.2, 0.25) is 5.91 Å². The van der Waals surface area contributed by atoms with Crippen molar-refractivity contribution < 1.29 is 14.3 Å². The minimum Gasteiger partial charge on any atom is -0.494 e. The molecule has 1 heterocycles. The van der Waals surface area contributed by atoms with Crippen molar-refractivity contribution in [3.05, 3.63) is 102 Å². The second-order valence-electron chi connectivity index (χ2n) is 16.7. The smallest absolute Gasteiger partial charge is 0.319 e. The number of nitrogens with zero attached hydrogens (tertiary/aromatic N) is 2. The van der Waals surface area contributed by atoms with E-state index in [1.807, 2.05) is 53.3 Å². The molecule has 2 saturated carbocycles. The highest BCUT2D eigenvalue weighted by Gasteiger charge is 2.26. The topological polar surface area (TPSA) is 97.3 Å². The summed E-state index contributed by atoms with van der Waals surface area (Å²) in [6, 6.07) is 24.6. The van der Waals surface area contributed by atoms with Gasteiger partial charge < -0.3 is 20.7 Å². The van der Waals surface area contributed by atoms with Gasteiger partial charge in [-0.05, 0) is 101 Å². The lowest BCUT2D eigenvalue weighted by Gasteiger charge is -2.25. The van der Waals surface area contributed by atoms with Gasteiger partial charge in [-0.2, -0.15) is 5.10 Å². The molecule has 2 fully saturated rings. The molecule has 4 aromatic rings. The molecule has 3 amide bonds. The molecule has 0 unspecified atom stereocenters. The number of urea groups is 1. The Morgan fingerprint density at radius 2 is 1.25 bits per heavy atom. The first-order chi connectivity index (χ1) is 23.9. The maximum Gasteiger partial charge on any atom is 0.319 e. The van der Waals surface area contributed by atoms with Crippen molar-refractivity contribution in [2.24, 2.45) is 5.92 Å². The Balaban J connectivity index is 0.000000208. The average Bonchev–Trinajstić information content (AvgIpc) is 3.66. The van der Waals surface area contributed by atoms with Gasteiger partial charge in [-0.1, -0.05) is 106 Å². The molecular formula is C44H63N5O3. The van der Waals surface area contributed by atoms with Crippen molar-refractivity contribution in [3.63, 3.8) is 0 Å². The number of aromatic nitrogens is 2. The van der Waals surface area contributed by atoms with E-state index in [1.165, 1.54) is 23.1 Å². The minimum absolute atomic E-state index is 0. The van der Waals surface area contributed by atoms with Crippen molar-refractivity contribution in [2.45, 2.75) is 124 Å². The number of nitrogens with one attached hydrogen (secondary N) is 3. The number of anilines is 2. The Hall–Kier alpha value is -4.59. The number of carbonyl (C=O) groups is 2. The molecule has 6 rings (SSSR count). The Kier molecular flexibility index (Phi) is 14.3. The largest absolute Gasteiger partial charge is 0.494 e. The van der Waals surface area contributed by atoms with Crippen LogP contribution in [-0.2, 0) is 21.0 Å². The molecule has 3 N–H and O–H groups in total. The van der Waals surface area contributed by atoms with Crippen molar-refractivity contribution in [2.75, 3.05) is 17.7 Å². The van der Waals surface area contributed by atoms with E-state index in [2.05, 4.69) is 114 Å². The van der Waals surface area contributed by atoms with Gasteiger partial charge >= 0.3 is 6.03 Å². The molecule has 282 valence electrons. The van der Waals surface area contributed by atoms with Crippen LogP contribution in [0.2, 0.25) is 0 Å². The van der Waals surface area contributed by atoms with Crippen LogP contribution in [0, 0.1) is 5.92 Å². The summed E-state index contributed by atoms with van der Waals surface area (Å²) >= 11 is 0. The number of ether oxygens (including phenoxy) is 1. The number of benzene rings is 3. The third-order valence-corrected chi connectivity index (χ3v) is 9.17. The number of methoxy groups -OCH3 is 1. The Morgan fingerprint density at radius 3 is 1.69 bits per heavy atom. The maximum atomic E-state index is 11.8. The molecule has 8 heteroatoms. The highest BCUT2D eigenvalue weighted by atomic mass is 16.5. The van der Waals surface area contributed by atoms with E-state index < -0.39 is 0 Å². The van der Waals surface area contributed by atoms with Crippen molar-refractivity contribution in [1.29, 1.82) is 0 Å². The van der Waals surface area contributed by atoms with Crippen molar-refractivity contribution >= 4 is 23.3 Å². The molecule has 0 bridgehead atoms. The van der Waals surface area contributed by atoms with E-state index in [9.17, 15) is 9.59 Å². The monoisotopic (exact) mass is 709 g/mol. The predicted octanol–water partition coefficient (Wildman–Crippen LogP) is 10.8. The van der Waals surface area contributed by atoms with E-state index in [1.54, 1.807) is 13.3 Å². The Bertz CT molecular complexity index is 1730. The molecule has 0 atom stereocenters. The fourth-order valence-electron chi connectivity index (χ4n) is 5.37. The summed E-state index contributed by atoms with van der Waals surface area (Å²) in [7, 11) is 1.69. The second-order valence-corrected chi connectivity index (χ2v) is 16.7. The van der Waals surface area contributed by atoms with Crippen molar-refractivity contribution in [3.8, 4) is 11.4 Å². The van der Waals surface area contributed by atoms with Gasteiger partial charge in [-0.3, -0.25) is 4.79 Å². The molecule has 0 saturated heterocycles. The fraction of sp³-hybridized carbons (Fsp3) is 0.477. The lowest BCUT2D eigenvalue weighted by atomic mass is 9.84. The molecule has 1 aromatic heterocycles. The molecular weight excluding hydrogens is 647 g/mol. The van der Waals surface area contributed by atoms with E-state index >= 15 is 0 Å². The molecule has 0 aliphatic heterocycles. The summed E-state index contributed by atoms with van der Waals surface area (Å²) in [6.45, 7) is 19.6. The highest BCUT2D eigenvalue weighted by Crippen LogP contribution is 2.31.